The van der Waals surface area contributed by atoms with Crippen molar-refractivity contribution in [3.05, 3.63) is 0 Å². The van der Waals surface area contributed by atoms with Crippen molar-refractivity contribution < 1.29 is 14.3 Å². The highest BCUT2D eigenvalue weighted by atomic mass is 32.2. The molecule has 0 aromatic rings. The number of aldehydes is 1. The van der Waals surface area contributed by atoms with Crippen molar-refractivity contribution in [2.24, 2.45) is 17.3 Å². The lowest BCUT2D eigenvalue weighted by Gasteiger charge is -2.38. The predicted molar refractivity (Wildman–Crippen MR) is 114 cm³/mol. The molecule has 3 nitrogen and oxygen atoms in total. The summed E-state index contributed by atoms with van der Waals surface area (Å²) < 4.78 is 5.63. The van der Waals surface area contributed by atoms with E-state index in [1.54, 1.807) is 7.11 Å². The average Bonchev–Trinajstić information content (AvgIpc) is 2.74. The van der Waals surface area contributed by atoms with Crippen LogP contribution < -0.4 is 0 Å². The highest BCUT2D eigenvalue weighted by Crippen LogP contribution is 2.42. The van der Waals surface area contributed by atoms with Crippen LogP contribution in [0, 0.1) is 17.3 Å². The third-order valence-corrected chi connectivity index (χ3v) is 8.75. The zero-order valence-corrected chi connectivity index (χ0v) is 18.5. The third-order valence-electron chi connectivity index (χ3n) is 7.01. The van der Waals surface area contributed by atoms with E-state index >= 15 is 0 Å². The molecule has 0 radical (unpaired) electrons. The summed E-state index contributed by atoms with van der Waals surface area (Å²) in [6.07, 6.45) is 14.3. The van der Waals surface area contributed by atoms with Gasteiger partial charge in [-0.05, 0) is 44.9 Å². The number of hydrogen-bond donors (Lipinski definition) is 0. The summed E-state index contributed by atoms with van der Waals surface area (Å²) in [6.45, 7) is 4.32. The molecule has 0 aromatic carbocycles. The predicted octanol–water partition coefficient (Wildman–Crippen LogP) is 5.84. The Hall–Kier alpha value is -0.350. The summed E-state index contributed by atoms with van der Waals surface area (Å²) in [7, 11) is 1.78. The van der Waals surface area contributed by atoms with E-state index in [9.17, 15) is 9.59 Å². The summed E-state index contributed by atoms with van der Waals surface area (Å²) >= 11 is 1.91. The van der Waals surface area contributed by atoms with Gasteiger partial charge in [0.1, 0.15) is 12.1 Å². The maximum Gasteiger partial charge on any atom is 0.140 e. The Balaban J connectivity index is 2.04. The topological polar surface area (TPSA) is 43.4 Å². The number of methoxy groups -OCH3 is 1. The van der Waals surface area contributed by atoms with Gasteiger partial charge in [-0.25, -0.2) is 0 Å². The lowest BCUT2D eigenvalue weighted by atomic mass is 9.75. The van der Waals surface area contributed by atoms with Crippen molar-refractivity contribution in [3.8, 4) is 0 Å². The van der Waals surface area contributed by atoms with E-state index < -0.39 is 0 Å². The second-order valence-corrected chi connectivity index (χ2v) is 10.0. The largest absolute Gasteiger partial charge is 0.381 e. The molecular weight excluding hydrogens is 356 g/mol. The number of carbonyl (C=O) groups is 2. The molecular formula is C23H40O3S. The van der Waals surface area contributed by atoms with Crippen molar-refractivity contribution in [1.29, 1.82) is 0 Å². The van der Waals surface area contributed by atoms with Crippen LogP contribution in [0.2, 0.25) is 0 Å². The molecule has 0 heterocycles. The Labute approximate surface area is 170 Å². The summed E-state index contributed by atoms with van der Waals surface area (Å²) in [4.78, 5) is 25.2. The lowest BCUT2D eigenvalue weighted by Crippen LogP contribution is -2.40. The van der Waals surface area contributed by atoms with E-state index in [0.717, 1.165) is 63.5 Å². The van der Waals surface area contributed by atoms with E-state index in [2.05, 4.69) is 13.8 Å². The molecule has 4 heteroatoms. The van der Waals surface area contributed by atoms with Crippen LogP contribution in [-0.4, -0.2) is 36.3 Å². The molecule has 4 unspecified atom stereocenters. The molecule has 2 fully saturated rings. The van der Waals surface area contributed by atoms with Crippen molar-refractivity contribution >= 4 is 23.8 Å². The Morgan fingerprint density at radius 1 is 1.15 bits per heavy atom. The van der Waals surface area contributed by atoms with Gasteiger partial charge in [-0.1, -0.05) is 46.0 Å². The molecule has 0 aromatic heterocycles. The van der Waals surface area contributed by atoms with Gasteiger partial charge in [0.25, 0.3) is 0 Å². The van der Waals surface area contributed by atoms with Gasteiger partial charge in [0.15, 0.2) is 0 Å². The zero-order valence-electron chi connectivity index (χ0n) is 17.7. The molecule has 0 saturated heterocycles. The Kier molecular flexibility index (Phi) is 9.86. The average molecular weight is 397 g/mol. The molecule has 4 atom stereocenters. The van der Waals surface area contributed by atoms with Crippen LogP contribution in [0.15, 0.2) is 0 Å². The molecule has 0 aliphatic heterocycles. The highest BCUT2D eigenvalue weighted by molar-refractivity contribution is 8.00. The summed E-state index contributed by atoms with van der Waals surface area (Å²) in [5.41, 5.74) is -0.211. The Morgan fingerprint density at radius 2 is 1.89 bits per heavy atom. The first kappa shape index (κ1) is 22.9. The number of carbonyl (C=O) groups excluding carboxylic acids is 2. The van der Waals surface area contributed by atoms with Gasteiger partial charge >= 0.3 is 0 Å². The molecule has 2 rings (SSSR count). The second kappa shape index (κ2) is 11.6. The molecule has 2 aliphatic carbocycles. The first-order chi connectivity index (χ1) is 13.1. The van der Waals surface area contributed by atoms with Gasteiger partial charge in [-0.15, -0.1) is 0 Å². The van der Waals surface area contributed by atoms with Gasteiger partial charge in [0.2, 0.25) is 0 Å². The molecule has 27 heavy (non-hydrogen) atoms. The van der Waals surface area contributed by atoms with Crippen LogP contribution in [0.1, 0.15) is 90.9 Å². The molecule has 0 bridgehead atoms. The van der Waals surface area contributed by atoms with E-state index in [-0.39, 0.29) is 23.4 Å². The fraction of sp³-hybridized carbons (Fsp3) is 0.913. The van der Waals surface area contributed by atoms with Crippen LogP contribution in [0.4, 0.5) is 0 Å². The van der Waals surface area contributed by atoms with E-state index in [1.807, 2.05) is 11.8 Å². The summed E-state index contributed by atoms with van der Waals surface area (Å²) in [5.74, 6) is 1.74. The summed E-state index contributed by atoms with van der Waals surface area (Å²) in [6, 6.07) is 0. The minimum atomic E-state index is -0.211. The Morgan fingerprint density at radius 3 is 2.48 bits per heavy atom. The molecule has 2 aliphatic rings. The minimum Gasteiger partial charge on any atom is -0.381 e. The van der Waals surface area contributed by atoms with Crippen LogP contribution >= 0.6 is 11.8 Å². The number of unbranched alkanes of at least 4 members (excludes halogenated alkanes) is 1. The number of hydrogen-bond acceptors (Lipinski definition) is 4. The maximum absolute atomic E-state index is 13.3. The SMILES string of the molecule is CCCCC(C=O)(CC)CSC1CCC(OC)CC1C(=O)C1CCCCC1. The van der Waals surface area contributed by atoms with Crippen molar-refractivity contribution in [1.82, 2.24) is 0 Å². The Bertz CT molecular complexity index is 461. The molecule has 2 saturated carbocycles. The number of Topliss-reactive ketones (excluding diaryl/α,β-unsaturated/α-hetero) is 1. The van der Waals surface area contributed by atoms with Crippen molar-refractivity contribution in [2.75, 3.05) is 12.9 Å². The number of thioether (sulfide) groups is 1. The van der Waals surface area contributed by atoms with Gasteiger partial charge in [-0.2, -0.15) is 11.8 Å². The quantitative estimate of drug-likeness (QED) is 0.412. The fourth-order valence-corrected chi connectivity index (χ4v) is 6.58. The first-order valence-electron chi connectivity index (χ1n) is 11.2. The van der Waals surface area contributed by atoms with E-state index in [1.165, 1.54) is 25.5 Å². The second-order valence-electron chi connectivity index (χ2n) is 8.80. The standard InChI is InChI=1S/C23H40O3S/c1-4-6-14-23(5-2,16-24)17-27-21-13-12-19(26-3)15-20(21)22(25)18-10-8-7-9-11-18/h16,18-21H,4-15,17H2,1-3H3. The van der Waals surface area contributed by atoms with Crippen LogP contribution in [0.3, 0.4) is 0 Å². The fourth-order valence-electron chi connectivity index (χ4n) is 4.84. The van der Waals surface area contributed by atoms with Crippen molar-refractivity contribution in [2.45, 2.75) is 102 Å². The maximum atomic E-state index is 13.3. The van der Waals surface area contributed by atoms with Gasteiger partial charge in [-0.3, -0.25) is 4.79 Å². The van der Waals surface area contributed by atoms with E-state index in [4.69, 9.17) is 4.74 Å². The number of ketones is 1. The lowest BCUT2D eigenvalue weighted by molar-refractivity contribution is -0.130. The zero-order chi connectivity index (χ0) is 19.7. The third kappa shape index (κ3) is 6.32. The van der Waals surface area contributed by atoms with Gasteiger partial charge < -0.3 is 9.53 Å². The normalized spacial score (nSPS) is 29.2. The van der Waals surface area contributed by atoms with E-state index in [0.29, 0.717) is 11.0 Å². The van der Waals surface area contributed by atoms with Crippen molar-refractivity contribution in [3.63, 3.8) is 0 Å². The molecule has 0 amide bonds. The van der Waals surface area contributed by atoms with Crippen LogP contribution in [0.25, 0.3) is 0 Å². The minimum absolute atomic E-state index is 0.115. The van der Waals surface area contributed by atoms with Crippen LogP contribution in [-0.2, 0) is 14.3 Å². The smallest absolute Gasteiger partial charge is 0.140 e. The molecule has 0 spiro atoms. The number of ether oxygens (including phenoxy) is 1. The highest BCUT2D eigenvalue weighted by Gasteiger charge is 2.40. The molecule has 156 valence electrons. The molecule has 0 N–H and O–H groups in total. The van der Waals surface area contributed by atoms with Gasteiger partial charge in [0.05, 0.1) is 6.10 Å². The van der Waals surface area contributed by atoms with Gasteiger partial charge in [0, 0.05) is 35.4 Å². The number of rotatable bonds is 11. The first-order valence-corrected chi connectivity index (χ1v) is 12.3. The monoisotopic (exact) mass is 396 g/mol. The van der Waals surface area contributed by atoms with Crippen LogP contribution in [0.5, 0.6) is 0 Å². The summed E-state index contributed by atoms with van der Waals surface area (Å²) in [5, 5.41) is 0.360.